The summed E-state index contributed by atoms with van der Waals surface area (Å²) in [5, 5.41) is 21.2. The van der Waals surface area contributed by atoms with Gasteiger partial charge in [0, 0.05) is 11.8 Å². The highest BCUT2D eigenvalue weighted by atomic mass is 16.4. The summed E-state index contributed by atoms with van der Waals surface area (Å²) in [6.45, 7) is 18.0. The molecule has 2 N–H and O–H groups in total. The van der Waals surface area contributed by atoms with E-state index in [9.17, 15) is 19.8 Å². The van der Waals surface area contributed by atoms with Gasteiger partial charge in [-0.3, -0.25) is 0 Å². The van der Waals surface area contributed by atoms with Crippen LogP contribution in [0, 0.1) is 22.7 Å². The van der Waals surface area contributed by atoms with Crippen LogP contribution in [0.1, 0.15) is 149 Å². The molecule has 0 aliphatic carbocycles. The predicted octanol–water partition coefficient (Wildman–Crippen LogP) is 11.1. The molecular formula is C40H54O4. The molecule has 0 amide bonds. The molecule has 4 nitrogen and oxygen atoms in total. The van der Waals surface area contributed by atoms with Crippen molar-refractivity contribution in [1.29, 1.82) is 0 Å². The second-order valence-corrected chi connectivity index (χ2v) is 15.5. The normalized spacial score (nSPS) is 14.9. The molecule has 4 heteroatoms. The SMILES string of the molecule is CC(CCC(c1ccccc1)c1cc(C(=O)O)c(C(CCC(C)CC(C)(C)C)c2ccccc2)cc1C(=O)O)CC(C)(C)C. The van der Waals surface area contributed by atoms with Crippen LogP contribution >= 0.6 is 0 Å². The van der Waals surface area contributed by atoms with Crippen molar-refractivity contribution in [3.63, 3.8) is 0 Å². The van der Waals surface area contributed by atoms with E-state index in [1.807, 2.05) is 60.7 Å². The first-order valence-corrected chi connectivity index (χ1v) is 16.3. The van der Waals surface area contributed by atoms with Gasteiger partial charge >= 0.3 is 11.9 Å². The lowest BCUT2D eigenvalue weighted by Crippen LogP contribution is -2.18. The number of carbonyl (C=O) groups is 2. The van der Waals surface area contributed by atoms with E-state index in [-0.39, 0.29) is 33.8 Å². The minimum absolute atomic E-state index is 0.197. The molecular weight excluding hydrogens is 544 g/mol. The molecule has 3 aromatic carbocycles. The Morgan fingerprint density at radius 2 is 0.886 bits per heavy atom. The van der Waals surface area contributed by atoms with Crippen LogP contribution in [0.5, 0.6) is 0 Å². The highest BCUT2D eigenvalue weighted by Crippen LogP contribution is 2.40. The van der Waals surface area contributed by atoms with Crippen molar-refractivity contribution in [2.45, 2.75) is 106 Å². The van der Waals surface area contributed by atoms with Gasteiger partial charge in [-0.2, -0.15) is 0 Å². The molecule has 238 valence electrons. The summed E-state index contributed by atoms with van der Waals surface area (Å²) in [5.41, 5.74) is 3.99. The maximum Gasteiger partial charge on any atom is 0.335 e. The lowest BCUT2D eigenvalue weighted by molar-refractivity contribution is 0.0678. The van der Waals surface area contributed by atoms with Gasteiger partial charge < -0.3 is 10.2 Å². The Labute approximate surface area is 265 Å². The van der Waals surface area contributed by atoms with E-state index in [1.165, 1.54) is 0 Å². The average Bonchev–Trinajstić information content (AvgIpc) is 2.92. The third-order valence-corrected chi connectivity index (χ3v) is 8.66. The highest BCUT2D eigenvalue weighted by molar-refractivity contribution is 5.95. The summed E-state index contributed by atoms with van der Waals surface area (Å²) in [6, 6.07) is 23.3. The summed E-state index contributed by atoms with van der Waals surface area (Å²) in [5.74, 6) is -1.59. The van der Waals surface area contributed by atoms with E-state index in [2.05, 4.69) is 55.4 Å². The van der Waals surface area contributed by atoms with Crippen LogP contribution in [0.3, 0.4) is 0 Å². The summed E-state index contributed by atoms with van der Waals surface area (Å²) in [7, 11) is 0. The van der Waals surface area contributed by atoms with Gasteiger partial charge in [0.05, 0.1) is 11.1 Å². The van der Waals surface area contributed by atoms with E-state index in [4.69, 9.17) is 0 Å². The van der Waals surface area contributed by atoms with Gasteiger partial charge in [-0.15, -0.1) is 0 Å². The molecule has 0 heterocycles. The summed E-state index contributed by atoms with van der Waals surface area (Å²) < 4.78 is 0. The van der Waals surface area contributed by atoms with Crippen LogP contribution in [-0.4, -0.2) is 22.2 Å². The maximum absolute atomic E-state index is 13.0. The van der Waals surface area contributed by atoms with Gasteiger partial charge in [-0.25, -0.2) is 9.59 Å². The molecule has 0 bridgehead atoms. The van der Waals surface area contributed by atoms with E-state index in [0.29, 0.717) is 23.0 Å². The fraction of sp³-hybridized carbons (Fsp3) is 0.500. The van der Waals surface area contributed by atoms with Crippen LogP contribution in [0.4, 0.5) is 0 Å². The monoisotopic (exact) mass is 598 g/mol. The Balaban J connectivity index is 2.15. The molecule has 0 saturated carbocycles. The predicted molar refractivity (Wildman–Crippen MR) is 182 cm³/mol. The largest absolute Gasteiger partial charge is 0.478 e. The Hall–Kier alpha value is -3.40. The Morgan fingerprint density at radius 3 is 1.16 bits per heavy atom. The zero-order valence-corrected chi connectivity index (χ0v) is 28.2. The molecule has 3 rings (SSSR count). The van der Waals surface area contributed by atoms with E-state index in [1.54, 1.807) is 12.1 Å². The number of hydrogen-bond acceptors (Lipinski definition) is 2. The molecule has 4 atom stereocenters. The smallest absolute Gasteiger partial charge is 0.335 e. The van der Waals surface area contributed by atoms with Crippen molar-refractivity contribution in [1.82, 2.24) is 0 Å². The molecule has 44 heavy (non-hydrogen) atoms. The first-order valence-electron chi connectivity index (χ1n) is 16.3. The van der Waals surface area contributed by atoms with E-state index >= 15 is 0 Å². The number of aromatic carboxylic acids is 2. The quantitative estimate of drug-likeness (QED) is 0.194. The fourth-order valence-electron chi connectivity index (χ4n) is 7.15. The van der Waals surface area contributed by atoms with Crippen molar-refractivity contribution in [2.24, 2.45) is 22.7 Å². The van der Waals surface area contributed by atoms with Crippen LogP contribution in [0.2, 0.25) is 0 Å². The third-order valence-electron chi connectivity index (χ3n) is 8.66. The number of carboxylic acid groups (broad SMARTS) is 2. The third kappa shape index (κ3) is 10.4. The van der Waals surface area contributed by atoms with Gasteiger partial charge in [0.25, 0.3) is 0 Å². The lowest BCUT2D eigenvalue weighted by atomic mass is 9.76. The Morgan fingerprint density at radius 1 is 0.568 bits per heavy atom. The molecule has 0 saturated heterocycles. The molecule has 0 aromatic heterocycles. The van der Waals surface area contributed by atoms with E-state index < -0.39 is 11.9 Å². The van der Waals surface area contributed by atoms with Gasteiger partial charge in [0.1, 0.15) is 0 Å². The Kier molecular flexibility index (Phi) is 12.0. The van der Waals surface area contributed by atoms with Crippen molar-refractivity contribution in [2.75, 3.05) is 0 Å². The molecule has 0 spiro atoms. The van der Waals surface area contributed by atoms with Gasteiger partial charge in [0.15, 0.2) is 0 Å². The van der Waals surface area contributed by atoms with Gasteiger partial charge in [0.2, 0.25) is 0 Å². The van der Waals surface area contributed by atoms with Crippen molar-refractivity contribution in [3.05, 3.63) is 106 Å². The first-order chi connectivity index (χ1) is 20.6. The Bertz CT molecular complexity index is 1250. The minimum atomic E-state index is -1.02. The number of hydrogen-bond donors (Lipinski definition) is 2. The van der Waals surface area contributed by atoms with Crippen molar-refractivity contribution in [3.8, 4) is 0 Å². The zero-order chi connectivity index (χ0) is 32.7. The number of rotatable bonds is 14. The summed E-state index contributed by atoms with van der Waals surface area (Å²) in [4.78, 5) is 25.9. The average molecular weight is 599 g/mol. The highest BCUT2D eigenvalue weighted by Gasteiger charge is 2.29. The maximum atomic E-state index is 13.0. The molecule has 3 aromatic rings. The zero-order valence-electron chi connectivity index (χ0n) is 28.2. The fourth-order valence-corrected chi connectivity index (χ4v) is 7.15. The lowest BCUT2D eigenvalue weighted by Gasteiger charge is -2.28. The van der Waals surface area contributed by atoms with Crippen LogP contribution < -0.4 is 0 Å². The first kappa shape index (κ1) is 35.1. The molecule has 0 fully saturated rings. The van der Waals surface area contributed by atoms with Crippen molar-refractivity contribution >= 4 is 11.9 Å². The summed E-state index contributed by atoms with van der Waals surface area (Å²) >= 11 is 0. The number of carboxylic acids is 2. The molecule has 4 unspecified atom stereocenters. The second-order valence-electron chi connectivity index (χ2n) is 15.5. The minimum Gasteiger partial charge on any atom is -0.478 e. The van der Waals surface area contributed by atoms with Crippen LogP contribution in [0.15, 0.2) is 72.8 Å². The van der Waals surface area contributed by atoms with E-state index in [0.717, 1.165) is 49.7 Å². The van der Waals surface area contributed by atoms with Crippen LogP contribution in [-0.2, 0) is 0 Å². The standard InChI is InChI=1S/C40H54O4/c1-27(25-39(3,4)5)19-21-31(29-15-11-9-12-16-29)33-23-36(38(43)44)34(24-35(33)37(41)42)32(30-17-13-10-14-18-30)22-20-28(2)26-40(6,7)8/h9-18,23-24,27-28,31-32H,19-22,25-26H2,1-8H3,(H,41,42)(H,43,44). The topological polar surface area (TPSA) is 74.6 Å². The summed E-state index contributed by atoms with van der Waals surface area (Å²) in [6.07, 6.45) is 5.44. The number of benzene rings is 3. The second kappa shape index (κ2) is 15.1. The molecule has 0 aliphatic rings. The molecule has 0 radical (unpaired) electrons. The van der Waals surface area contributed by atoms with Gasteiger partial charge in [-0.1, -0.05) is 116 Å². The van der Waals surface area contributed by atoms with Crippen LogP contribution in [0.25, 0.3) is 0 Å². The van der Waals surface area contributed by atoms with Crippen molar-refractivity contribution < 1.29 is 19.8 Å². The molecule has 0 aliphatic heterocycles. The van der Waals surface area contributed by atoms with Gasteiger partial charge in [-0.05, 0) is 95.6 Å².